The van der Waals surface area contributed by atoms with Crippen LogP contribution < -0.4 is 11.3 Å². The Morgan fingerprint density at radius 3 is 2.76 bits per heavy atom. The predicted molar refractivity (Wildman–Crippen MR) is 80.8 cm³/mol. The number of hydrogen-bond acceptors (Lipinski definition) is 4. The average molecular weight is 283 g/mol. The van der Waals surface area contributed by atoms with Gasteiger partial charge in [0.15, 0.2) is 5.65 Å². The van der Waals surface area contributed by atoms with Gasteiger partial charge in [-0.2, -0.15) is 0 Å². The first-order valence-corrected chi connectivity index (χ1v) is 6.86. The lowest BCUT2D eigenvalue weighted by molar-refractivity contribution is 0.502. The lowest BCUT2D eigenvalue weighted by atomic mass is 10.0. The van der Waals surface area contributed by atoms with Crippen molar-refractivity contribution in [2.75, 3.05) is 0 Å². The van der Waals surface area contributed by atoms with E-state index in [4.69, 9.17) is 5.73 Å². The van der Waals surface area contributed by atoms with Crippen molar-refractivity contribution in [3.05, 3.63) is 52.6 Å². The summed E-state index contributed by atoms with van der Waals surface area (Å²) in [5.74, 6) is 0.216. The van der Waals surface area contributed by atoms with Crippen molar-refractivity contribution >= 4 is 5.65 Å². The highest BCUT2D eigenvalue weighted by molar-refractivity contribution is 5.60. The van der Waals surface area contributed by atoms with Gasteiger partial charge in [0.05, 0.1) is 17.1 Å². The van der Waals surface area contributed by atoms with Gasteiger partial charge in [0, 0.05) is 24.4 Å². The van der Waals surface area contributed by atoms with Crippen LogP contribution in [0.15, 0.2) is 41.3 Å². The largest absolute Gasteiger partial charge is 0.322 e. The fraction of sp³-hybridized carbons (Fsp3) is 0.267. The number of aromatic nitrogens is 4. The monoisotopic (exact) mass is 283 g/mol. The fourth-order valence-electron chi connectivity index (χ4n) is 2.18. The lowest BCUT2D eigenvalue weighted by Crippen LogP contribution is -2.23. The molecule has 3 aromatic heterocycles. The van der Waals surface area contributed by atoms with Crippen molar-refractivity contribution < 1.29 is 0 Å². The third-order valence-corrected chi connectivity index (χ3v) is 3.47. The van der Waals surface area contributed by atoms with Crippen molar-refractivity contribution in [1.29, 1.82) is 0 Å². The first-order chi connectivity index (χ1) is 10.1. The second-order valence-corrected chi connectivity index (χ2v) is 5.37. The van der Waals surface area contributed by atoms with Crippen LogP contribution >= 0.6 is 0 Å². The van der Waals surface area contributed by atoms with Gasteiger partial charge in [-0.15, -0.1) is 0 Å². The Morgan fingerprint density at radius 1 is 1.29 bits per heavy atom. The van der Waals surface area contributed by atoms with E-state index >= 15 is 0 Å². The van der Waals surface area contributed by atoms with Crippen molar-refractivity contribution in [2.24, 2.45) is 11.7 Å². The van der Waals surface area contributed by atoms with E-state index in [1.165, 1.54) is 10.6 Å². The van der Waals surface area contributed by atoms with Crippen LogP contribution in [0.1, 0.15) is 25.6 Å². The number of fused-ring (bicyclic) bond motifs is 1. The number of pyridine rings is 1. The normalized spacial score (nSPS) is 13.0. The smallest absolute Gasteiger partial charge is 0.272 e. The Morgan fingerprint density at radius 2 is 2.10 bits per heavy atom. The second kappa shape index (κ2) is 5.14. The minimum atomic E-state index is -0.254. The maximum Gasteiger partial charge on any atom is 0.272 e. The van der Waals surface area contributed by atoms with E-state index in [1.54, 1.807) is 12.3 Å². The molecule has 3 aromatic rings. The van der Waals surface area contributed by atoms with E-state index in [1.807, 2.05) is 32.0 Å². The van der Waals surface area contributed by atoms with Gasteiger partial charge in [0.25, 0.3) is 5.56 Å². The molecule has 1 atom stereocenters. The molecule has 3 heterocycles. The topological polar surface area (TPSA) is 89.1 Å². The molecular weight excluding hydrogens is 266 g/mol. The van der Waals surface area contributed by atoms with Gasteiger partial charge < -0.3 is 5.73 Å². The van der Waals surface area contributed by atoms with Gasteiger partial charge in [0.2, 0.25) is 0 Å². The summed E-state index contributed by atoms with van der Waals surface area (Å²) in [4.78, 5) is 20.9. The molecule has 0 fully saturated rings. The van der Waals surface area contributed by atoms with Crippen molar-refractivity contribution in [3.8, 4) is 11.4 Å². The van der Waals surface area contributed by atoms with Crippen molar-refractivity contribution in [2.45, 2.75) is 19.9 Å². The maximum atomic E-state index is 12.2. The van der Waals surface area contributed by atoms with Crippen molar-refractivity contribution in [1.82, 2.24) is 19.6 Å². The summed E-state index contributed by atoms with van der Waals surface area (Å²) in [5.41, 5.74) is 8.58. The Bertz CT molecular complexity index is 819. The molecule has 0 aromatic carbocycles. The molecule has 0 spiro atoms. The highest BCUT2D eigenvalue weighted by Crippen LogP contribution is 2.18. The van der Waals surface area contributed by atoms with E-state index in [2.05, 4.69) is 15.1 Å². The third-order valence-electron chi connectivity index (χ3n) is 3.47. The molecule has 3 N–H and O–H groups in total. The van der Waals surface area contributed by atoms with E-state index in [0.717, 1.165) is 11.4 Å². The zero-order valence-corrected chi connectivity index (χ0v) is 11.9. The van der Waals surface area contributed by atoms with E-state index in [0.29, 0.717) is 11.3 Å². The molecule has 6 heteroatoms. The van der Waals surface area contributed by atoms with Crippen LogP contribution in [0, 0.1) is 5.92 Å². The van der Waals surface area contributed by atoms with Crippen LogP contribution in [0.3, 0.4) is 0 Å². The summed E-state index contributed by atoms with van der Waals surface area (Å²) < 4.78 is 1.40. The molecule has 0 aliphatic rings. The molecule has 0 saturated heterocycles. The van der Waals surface area contributed by atoms with Gasteiger partial charge in [-0.1, -0.05) is 19.9 Å². The highest BCUT2D eigenvalue weighted by Gasteiger charge is 2.15. The molecule has 3 rings (SSSR count). The third kappa shape index (κ3) is 2.45. The Hall–Kier alpha value is -2.47. The standard InChI is InChI=1S/C15H17N5O/c1-9(2)15(16)12-8-14(21)20-13(18-12)7-11(19-20)10-5-3-4-6-17-10/h3-9,15,19H,16H2,1-2H3/t15-/m0/s1. The van der Waals surface area contributed by atoms with Gasteiger partial charge in [0.1, 0.15) is 0 Å². The number of rotatable bonds is 3. The van der Waals surface area contributed by atoms with Crippen LogP contribution in [0.4, 0.5) is 0 Å². The lowest BCUT2D eigenvalue weighted by Gasteiger charge is -2.14. The van der Waals surface area contributed by atoms with Crippen LogP contribution in [0.5, 0.6) is 0 Å². The second-order valence-electron chi connectivity index (χ2n) is 5.37. The van der Waals surface area contributed by atoms with Crippen LogP contribution in [-0.2, 0) is 0 Å². The molecule has 0 radical (unpaired) electrons. The van der Waals surface area contributed by atoms with E-state index in [-0.39, 0.29) is 17.5 Å². The van der Waals surface area contributed by atoms with Crippen molar-refractivity contribution in [3.63, 3.8) is 0 Å². The van der Waals surface area contributed by atoms with Gasteiger partial charge in [-0.3, -0.25) is 14.9 Å². The first-order valence-electron chi connectivity index (χ1n) is 6.86. The fourth-order valence-corrected chi connectivity index (χ4v) is 2.18. The van der Waals surface area contributed by atoms with Gasteiger partial charge >= 0.3 is 0 Å². The summed E-state index contributed by atoms with van der Waals surface area (Å²) in [7, 11) is 0. The Balaban J connectivity index is 2.14. The molecule has 21 heavy (non-hydrogen) atoms. The number of hydrogen-bond donors (Lipinski definition) is 2. The molecule has 0 amide bonds. The summed E-state index contributed by atoms with van der Waals surface area (Å²) in [6.45, 7) is 4.01. The van der Waals surface area contributed by atoms with E-state index in [9.17, 15) is 4.79 Å². The maximum absolute atomic E-state index is 12.2. The number of H-pyrrole nitrogens is 1. The predicted octanol–water partition coefficient (Wildman–Crippen LogP) is 1.74. The minimum Gasteiger partial charge on any atom is -0.322 e. The SMILES string of the molecule is CC(C)[C@H](N)c1cc(=O)n2[nH]c(-c3ccccn3)cc2n1. The summed E-state index contributed by atoms with van der Waals surface area (Å²) in [6, 6.07) is 8.64. The van der Waals surface area contributed by atoms with Gasteiger partial charge in [-0.05, 0) is 18.1 Å². The van der Waals surface area contributed by atoms with Crippen LogP contribution in [0.25, 0.3) is 17.0 Å². The number of aromatic amines is 1. The Kier molecular flexibility index (Phi) is 3.31. The van der Waals surface area contributed by atoms with E-state index < -0.39 is 0 Å². The minimum absolute atomic E-state index is 0.173. The van der Waals surface area contributed by atoms with Crippen LogP contribution in [-0.4, -0.2) is 19.6 Å². The number of nitrogens with one attached hydrogen (secondary N) is 1. The highest BCUT2D eigenvalue weighted by atomic mass is 16.1. The summed E-state index contributed by atoms with van der Waals surface area (Å²) >= 11 is 0. The molecule has 0 bridgehead atoms. The first kappa shape index (κ1) is 13.5. The number of nitrogens with two attached hydrogens (primary N) is 1. The zero-order chi connectivity index (χ0) is 15.0. The number of nitrogens with zero attached hydrogens (tertiary/aromatic N) is 3. The molecule has 0 unspecified atom stereocenters. The van der Waals surface area contributed by atoms with Gasteiger partial charge in [-0.25, -0.2) is 9.50 Å². The average Bonchev–Trinajstić information content (AvgIpc) is 2.92. The summed E-state index contributed by atoms with van der Waals surface area (Å²) in [6.07, 6.45) is 1.71. The van der Waals surface area contributed by atoms with Crippen LogP contribution in [0.2, 0.25) is 0 Å². The molecular formula is C15H17N5O. The summed E-state index contributed by atoms with van der Waals surface area (Å²) in [5, 5.41) is 3.01. The zero-order valence-electron chi connectivity index (χ0n) is 11.9. The quantitative estimate of drug-likeness (QED) is 0.766. The molecule has 6 nitrogen and oxygen atoms in total. The molecule has 0 aliphatic heterocycles. The molecule has 0 aliphatic carbocycles. The molecule has 0 saturated carbocycles. The Labute approximate surface area is 121 Å². The molecule has 108 valence electrons.